The zero-order valence-corrected chi connectivity index (χ0v) is 22.8. The van der Waals surface area contributed by atoms with Gasteiger partial charge in [0, 0.05) is 17.8 Å². The summed E-state index contributed by atoms with van der Waals surface area (Å²) < 4.78 is 31.3. The lowest BCUT2D eigenvalue weighted by Crippen LogP contribution is -2.36. The van der Waals surface area contributed by atoms with Gasteiger partial charge in [0.25, 0.3) is 0 Å². The van der Waals surface area contributed by atoms with Gasteiger partial charge in [-0.3, -0.25) is 4.21 Å². The number of carbonyl (C=O) groups is 1. The van der Waals surface area contributed by atoms with E-state index in [0.717, 1.165) is 39.3 Å². The largest absolute Gasteiger partial charge is 0.755 e. The van der Waals surface area contributed by atoms with E-state index in [9.17, 15) is 13.6 Å². The van der Waals surface area contributed by atoms with Crippen molar-refractivity contribution in [2.45, 2.75) is 27.2 Å². The Labute approximate surface area is 230 Å². The number of nitrogens with zero attached hydrogens (tertiary/aromatic N) is 3. The lowest BCUT2D eigenvalue weighted by atomic mass is 10.00. The molecular formula is C31H28N3O4S-. The molecular weight excluding hydrogens is 510 g/mol. The van der Waals surface area contributed by atoms with Gasteiger partial charge in [-0.25, -0.2) is 13.8 Å². The van der Waals surface area contributed by atoms with Crippen LogP contribution in [0.15, 0.2) is 91.0 Å². The van der Waals surface area contributed by atoms with E-state index >= 15 is 0 Å². The highest BCUT2D eigenvalue weighted by Gasteiger charge is 2.18. The average Bonchev–Trinajstić information content (AvgIpc) is 3.23. The van der Waals surface area contributed by atoms with Crippen LogP contribution in [0.2, 0.25) is 0 Å². The Hall–Kier alpha value is -4.27. The number of ether oxygens (including phenoxy) is 1. The predicted octanol–water partition coefficient (Wildman–Crippen LogP) is 6.46. The number of amides is 1. The molecule has 0 saturated heterocycles. The number of hydrogen-bond donors (Lipinski definition) is 0. The molecule has 7 nitrogen and oxygen atoms in total. The summed E-state index contributed by atoms with van der Waals surface area (Å²) in [6, 6.07) is 29.3. The molecule has 4 aromatic carbocycles. The maximum Gasteiger partial charge on any atom is 0.426 e. The molecule has 1 aromatic heterocycles. The first-order valence-corrected chi connectivity index (χ1v) is 13.6. The summed E-state index contributed by atoms with van der Waals surface area (Å²) in [6.45, 7) is 5.94. The van der Waals surface area contributed by atoms with Crippen molar-refractivity contribution in [3.8, 4) is 22.6 Å². The third-order valence-corrected chi connectivity index (χ3v) is 7.42. The van der Waals surface area contributed by atoms with E-state index in [1.807, 2.05) is 54.9 Å². The Bertz CT molecular complexity index is 1660. The molecule has 1 atom stereocenters. The lowest BCUT2D eigenvalue weighted by molar-refractivity contribution is 0.178. The van der Waals surface area contributed by atoms with Crippen molar-refractivity contribution in [1.82, 2.24) is 14.1 Å². The minimum absolute atomic E-state index is 0.0355. The van der Waals surface area contributed by atoms with Crippen LogP contribution >= 0.6 is 0 Å². The molecule has 0 bridgehead atoms. The summed E-state index contributed by atoms with van der Waals surface area (Å²) >= 11 is -2.75. The van der Waals surface area contributed by atoms with Crippen molar-refractivity contribution in [2.75, 3.05) is 6.54 Å². The summed E-state index contributed by atoms with van der Waals surface area (Å²) in [4.78, 5) is 12.5. The van der Waals surface area contributed by atoms with Gasteiger partial charge < -0.3 is 9.29 Å². The standard InChI is InChI=1S/C31H29N3O4S/c1-21-8-16-29(17-9-21)38-31(35)33(39(36)37)19-18-24-10-14-28(15-11-24)34-23(3)30(22(2)32-34)27-13-12-25-6-4-5-7-26(25)20-27/h4-17,20H,18-19H2,1-3H3,(H,36,37)/p-1. The van der Waals surface area contributed by atoms with Crippen LogP contribution in [0.5, 0.6) is 5.75 Å². The molecule has 0 aliphatic carbocycles. The van der Waals surface area contributed by atoms with E-state index < -0.39 is 17.4 Å². The van der Waals surface area contributed by atoms with E-state index in [0.29, 0.717) is 16.5 Å². The molecule has 5 rings (SSSR count). The molecule has 39 heavy (non-hydrogen) atoms. The first-order chi connectivity index (χ1) is 18.8. The third kappa shape index (κ3) is 5.77. The smallest absolute Gasteiger partial charge is 0.426 e. The summed E-state index contributed by atoms with van der Waals surface area (Å²) in [5.41, 5.74) is 6.98. The van der Waals surface area contributed by atoms with Gasteiger partial charge in [-0.05, 0) is 79.4 Å². The average molecular weight is 539 g/mol. The van der Waals surface area contributed by atoms with Crippen LogP contribution in [-0.2, 0) is 17.7 Å². The molecule has 1 unspecified atom stereocenters. The second kappa shape index (κ2) is 11.2. The maximum atomic E-state index is 12.5. The molecule has 0 saturated carbocycles. The van der Waals surface area contributed by atoms with Gasteiger partial charge in [-0.1, -0.05) is 66.2 Å². The number of hydrogen-bond acceptors (Lipinski definition) is 5. The minimum Gasteiger partial charge on any atom is -0.755 e. The number of fused-ring (bicyclic) bond motifs is 1. The van der Waals surface area contributed by atoms with Crippen LogP contribution in [0.3, 0.4) is 0 Å². The summed E-state index contributed by atoms with van der Waals surface area (Å²) in [5, 5.41) is 7.18. The number of aryl methyl sites for hydroxylation is 2. The third-order valence-electron chi connectivity index (χ3n) is 6.72. The molecule has 0 aliphatic heterocycles. The first kappa shape index (κ1) is 26.3. The van der Waals surface area contributed by atoms with E-state index in [4.69, 9.17) is 9.84 Å². The van der Waals surface area contributed by atoms with Crippen LogP contribution < -0.4 is 4.74 Å². The van der Waals surface area contributed by atoms with Crippen LogP contribution in [0, 0.1) is 20.8 Å². The van der Waals surface area contributed by atoms with Crippen LogP contribution in [0.1, 0.15) is 22.5 Å². The quantitative estimate of drug-likeness (QED) is 0.222. The highest BCUT2D eigenvalue weighted by Crippen LogP contribution is 2.31. The predicted molar refractivity (Wildman–Crippen MR) is 153 cm³/mol. The second-order valence-electron chi connectivity index (χ2n) is 9.44. The highest BCUT2D eigenvalue weighted by atomic mass is 32.2. The number of aromatic nitrogens is 2. The van der Waals surface area contributed by atoms with E-state index in [1.165, 1.54) is 10.8 Å². The molecule has 0 spiro atoms. The van der Waals surface area contributed by atoms with E-state index in [1.54, 1.807) is 24.3 Å². The Morgan fingerprint density at radius 1 is 0.923 bits per heavy atom. The van der Waals surface area contributed by atoms with Gasteiger partial charge in [-0.15, -0.1) is 0 Å². The molecule has 0 fully saturated rings. The lowest BCUT2D eigenvalue weighted by Gasteiger charge is -2.23. The normalized spacial score (nSPS) is 11.9. The summed E-state index contributed by atoms with van der Waals surface area (Å²) in [7, 11) is 0. The zero-order chi connectivity index (χ0) is 27.5. The Morgan fingerprint density at radius 3 is 2.31 bits per heavy atom. The molecule has 8 heteroatoms. The Kier molecular flexibility index (Phi) is 7.58. The van der Waals surface area contributed by atoms with Crippen LogP contribution in [0.4, 0.5) is 4.79 Å². The van der Waals surface area contributed by atoms with Crippen LogP contribution in [0.25, 0.3) is 27.6 Å². The minimum atomic E-state index is -2.75. The maximum absolute atomic E-state index is 12.5. The van der Waals surface area contributed by atoms with Gasteiger partial charge in [0.05, 0.1) is 22.6 Å². The van der Waals surface area contributed by atoms with Gasteiger partial charge in [-0.2, -0.15) is 5.10 Å². The molecule has 0 aliphatic rings. The molecule has 198 valence electrons. The summed E-state index contributed by atoms with van der Waals surface area (Å²) in [5.74, 6) is 0.290. The van der Waals surface area contributed by atoms with Crippen molar-refractivity contribution in [2.24, 2.45) is 0 Å². The molecule has 0 radical (unpaired) electrons. The fourth-order valence-corrected chi connectivity index (χ4v) is 5.08. The van der Waals surface area contributed by atoms with Crippen molar-refractivity contribution >= 4 is 28.1 Å². The second-order valence-corrected chi connectivity index (χ2v) is 10.3. The highest BCUT2D eigenvalue weighted by molar-refractivity contribution is 7.77. The van der Waals surface area contributed by atoms with Crippen molar-refractivity contribution < 1.29 is 18.3 Å². The van der Waals surface area contributed by atoms with E-state index in [-0.39, 0.29) is 6.54 Å². The fraction of sp³-hybridized carbons (Fsp3) is 0.161. The number of benzene rings is 4. The zero-order valence-electron chi connectivity index (χ0n) is 22.0. The van der Waals surface area contributed by atoms with Gasteiger partial charge >= 0.3 is 6.09 Å². The van der Waals surface area contributed by atoms with E-state index in [2.05, 4.69) is 37.3 Å². The van der Waals surface area contributed by atoms with Gasteiger partial charge in [0.15, 0.2) is 0 Å². The molecule has 0 N–H and O–H groups in total. The van der Waals surface area contributed by atoms with Crippen molar-refractivity contribution in [3.63, 3.8) is 0 Å². The number of carbonyl (C=O) groups excluding carboxylic acids is 1. The van der Waals surface area contributed by atoms with Crippen molar-refractivity contribution in [3.05, 3.63) is 114 Å². The van der Waals surface area contributed by atoms with Crippen molar-refractivity contribution in [1.29, 1.82) is 0 Å². The first-order valence-electron chi connectivity index (χ1n) is 12.6. The molecule has 1 heterocycles. The topological polar surface area (TPSA) is 87.5 Å². The van der Waals surface area contributed by atoms with Gasteiger partial charge in [0.1, 0.15) is 5.75 Å². The number of rotatable bonds is 7. The van der Waals surface area contributed by atoms with Crippen LogP contribution in [-0.4, -0.2) is 35.5 Å². The Balaban J connectivity index is 1.30. The van der Waals surface area contributed by atoms with Gasteiger partial charge in [0.2, 0.25) is 0 Å². The molecule has 5 aromatic rings. The summed E-state index contributed by atoms with van der Waals surface area (Å²) in [6.07, 6.45) is -0.593. The monoisotopic (exact) mass is 538 g/mol. The fourth-order valence-electron chi connectivity index (χ4n) is 4.68. The Morgan fingerprint density at radius 2 is 1.62 bits per heavy atom. The SMILES string of the molecule is Cc1ccc(OC(=O)N(CCc2ccc(-n3nc(C)c(-c4ccc5ccccc5c4)c3C)cc2)S(=O)[O-])cc1. The molecule has 1 amide bonds.